The predicted molar refractivity (Wildman–Crippen MR) is 122 cm³/mol. The molecule has 4 rings (SSSR count). The van der Waals surface area contributed by atoms with Crippen LogP contribution < -0.4 is 9.47 Å². The number of methoxy groups -OCH3 is 1. The van der Waals surface area contributed by atoms with Gasteiger partial charge < -0.3 is 18.7 Å². The van der Waals surface area contributed by atoms with Crippen LogP contribution in [0.3, 0.4) is 0 Å². The van der Waals surface area contributed by atoms with Crippen molar-refractivity contribution in [2.45, 2.75) is 26.1 Å². The summed E-state index contributed by atoms with van der Waals surface area (Å²) in [6, 6.07) is 11.0. The van der Waals surface area contributed by atoms with Crippen LogP contribution in [-0.4, -0.2) is 48.4 Å². The Labute approximate surface area is 197 Å². The zero-order valence-electron chi connectivity index (χ0n) is 17.9. The van der Waals surface area contributed by atoms with E-state index in [4.69, 9.17) is 41.9 Å². The predicted octanol–water partition coefficient (Wildman–Crippen LogP) is 5.24. The third kappa shape index (κ3) is 5.92. The molecule has 32 heavy (non-hydrogen) atoms. The SMILES string of the molecule is COc1cc(-c2noc(COCc3ccc(Cl)c(Cl)c3)n2)ccc1OCCN1CCCC1. The summed E-state index contributed by atoms with van der Waals surface area (Å²) in [7, 11) is 1.62. The number of benzene rings is 2. The molecule has 0 amide bonds. The summed E-state index contributed by atoms with van der Waals surface area (Å²) in [5, 5.41) is 5.05. The third-order valence-corrected chi connectivity index (χ3v) is 5.97. The minimum absolute atomic E-state index is 0.183. The third-order valence-electron chi connectivity index (χ3n) is 5.23. The Morgan fingerprint density at radius 2 is 1.84 bits per heavy atom. The van der Waals surface area contributed by atoms with E-state index in [2.05, 4.69) is 15.0 Å². The van der Waals surface area contributed by atoms with E-state index in [9.17, 15) is 0 Å². The highest BCUT2D eigenvalue weighted by Crippen LogP contribution is 2.31. The van der Waals surface area contributed by atoms with E-state index in [1.165, 1.54) is 12.8 Å². The number of likely N-dealkylation sites (tertiary alicyclic amines) is 1. The number of nitrogens with zero attached hydrogens (tertiary/aromatic N) is 3. The Hall–Kier alpha value is -2.32. The Morgan fingerprint density at radius 1 is 1.00 bits per heavy atom. The van der Waals surface area contributed by atoms with Crippen molar-refractivity contribution >= 4 is 23.2 Å². The normalized spacial score (nSPS) is 14.1. The first-order chi connectivity index (χ1) is 15.6. The molecular weight excluding hydrogens is 453 g/mol. The smallest absolute Gasteiger partial charge is 0.252 e. The molecule has 0 unspecified atom stereocenters. The topological polar surface area (TPSA) is 69.9 Å². The lowest BCUT2D eigenvalue weighted by Gasteiger charge is -2.16. The molecule has 0 radical (unpaired) electrons. The second-order valence-corrected chi connectivity index (χ2v) is 8.33. The highest BCUT2D eigenvalue weighted by molar-refractivity contribution is 6.42. The van der Waals surface area contributed by atoms with Crippen molar-refractivity contribution in [1.82, 2.24) is 15.0 Å². The molecule has 1 aromatic heterocycles. The lowest BCUT2D eigenvalue weighted by molar-refractivity contribution is 0.0850. The highest BCUT2D eigenvalue weighted by atomic mass is 35.5. The van der Waals surface area contributed by atoms with Gasteiger partial charge in [0, 0.05) is 12.1 Å². The van der Waals surface area contributed by atoms with Crippen LogP contribution in [-0.2, 0) is 18.0 Å². The Balaban J connectivity index is 1.32. The maximum absolute atomic E-state index is 6.02. The fraction of sp³-hybridized carbons (Fsp3) is 0.391. The van der Waals surface area contributed by atoms with E-state index in [-0.39, 0.29) is 6.61 Å². The zero-order chi connectivity index (χ0) is 22.3. The van der Waals surface area contributed by atoms with Crippen molar-refractivity contribution in [3.8, 4) is 22.9 Å². The second kappa shape index (κ2) is 11.0. The number of halogens is 2. The summed E-state index contributed by atoms with van der Waals surface area (Å²) in [4.78, 5) is 6.82. The first-order valence-corrected chi connectivity index (χ1v) is 11.3. The number of hydrogen-bond acceptors (Lipinski definition) is 7. The number of rotatable bonds is 10. The molecule has 1 aliphatic heterocycles. The lowest BCUT2D eigenvalue weighted by Crippen LogP contribution is -2.25. The van der Waals surface area contributed by atoms with E-state index in [1.807, 2.05) is 24.3 Å². The van der Waals surface area contributed by atoms with Gasteiger partial charge in [0.05, 0.1) is 23.8 Å². The first-order valence-electron chi connectivity index (χ1n) is 10.5. The molecule has 7 nitrogen and oxygen atoms in total. The van der Waals surface area contributed by atoms with Gasteiger partial charge in [-0.3, -0.25) is 4.90 Å². The van der Waals surface area contributed by atoms with Gasteiger partial charge in [0.2, 0.25) is 5.82 Å². The van der Waals surface area contributed by atoms with Gasteiger partial charge in [0.1, 0.15) is 13.2 Å². The molecule has 2 heterocycles. The minimum Gasteiger partial charge on any atom is -0.493 e. The van der Waals surface area contributed by atoms with Gasteiger partial charge in [0.15, 0.2) is 11.5 Å². The molecule has 0 saturated carbocycles. The zero-order valence-corrected chi connectivity index (χ0v) is 19.4. The van der Waals surface area contributed by atoms with Crippen molar-refractivity contribution in [3.63, 3.8) is 0 Å². The fourth-order valence-electron chi connectivity index (χ4n) is 3.53. The summed E-state index contributed by atoms with van der Waals surface area (Å²) in [6.07, 6.45) is 2.54. The van der Waals surface area contributed by atoms with Crippen molar-refractivity contribution in [2.75, 3.05) is 33.4 Å². The monoisotopic (exact) mass is 477 g/mol. The lowest BCUT2D eigenvalue weighted by atomic mass is 10.2. The highest BCUT2D eigenvalue weighted by Gasteiger charge is 2.14. The first kappa shape index (κ1) is 22.9. The standard InChI is InChI=1S/C23H25Cl2N3O4/c1-29-21-13-17(5-7-20(21)31-11-10-28-8-2-3-9-28)23-26-22(32-27-23)15-30-14-16-4-6-18(24)19(25)12-16/h4-7,12-13H,2-3,8-11,14-15H2,1H3. The molecule has 1 saturated heterocycles. The number of ether oxygens (including phenoxy) is 3. The minimum atomic E-state index is 0.183. The van der Waals surface area contributed by atoms with E-state index >= 15 is 0 Å². The molecule has 0 atom stereocenters. The molecule has 170 valence electrons. The van der Waals surface area contributed by atoms with Gasteiger partial charge in [-0.25, -0.2) is 0 Å². The van der Waals surface area contributed by atoms with Crippen molar-refractivity contribution in [3.05, 3.63) is 57.9 Å². The average molecular weight is 478 g/mol. The Kier molecular flexibility index (Phi) is 7.86. The van der Waals surface area contributed by atoms with Gasteiger partial charge >= 0.3 is 0 Å². The Bertz CT molecular complexity index is 1040. The van der Waals surface area contributed by atoms with Crippen LogP contribution in [0.5, 0.6) is 11.5 Å². The quantitative estimate of drug-likeness (QED) is 0.395. The van der Waals surface area contributed by atoms with Crippen LogP contribution in [0.25, 0.3) is 11.4 Å². The van der Waals surface area contributed by atoms with E-state index in [0.29, 0.717) is 46.5 Å². The molecule has 2 aromatic carbocycles. The van der Waals surface area contributed by atoms with Crippen LogP contribution in [0.4, 0.5) is 0 Å². The molecule has 1 fully saturated rings. The van der Waals surface area contributed by atoms with E-state index in [0.717, 1.165) is 30.8 Å². The van der Waals surface area contributed by atoms with Crippen molar-refractivity contribution in [2.24, 2.45) is 0 Å². The van der Waals surface area contributed by atoms with Gasteiger partial charge in [-0.2, -0.15) is 4.98 Å². The van der Waals surface area contributed by atoms with Crippen LogP contribution in [0.2, 0.25) is 10.0 Å². The van der Waals surface area contributed by atoms with Crippen LogP contribution in [0.15, 0.2) is 40.9 Å². The maximum Gasteiger partial charge on any atom is 0.252 e. The van der Waals surface area contributed by atoms with E-state index < -0.39 is 0 Å². The van der Waals surface area contributed by atoms with Crippen LogP contribution in [0, 0.1) is 0 Å². The summed E-state index contributed by atoms with van der Waals surface area (Å²) in [6.45, 7) is 4.38. The van der Waals surface area contributed by atoms with Crippen LogP contribution in [0.1, 0.15) is 24.3 Å². The second-order valence-electron chi connectivity index (χ2n) is 7.52. The Morgan fingerprint density at radius 3 is 2.62 bits per heavy atom. The average Bonchev–Trinajstić information content (AvgIpc) is 3.49. The summed E-state index contributed by atoms with van der Waals surface area (Å²) < 4.78 is 22.4. The summed E-state index contributed by atoms with van der Waals surface area (Å²) in [5.41, 5.74) is 1.68. The summed E-state index contributed by atoms with van der Waals surface area (Å²) in [5.74, 6) is 2.17. The molecule has 9 heteroatoms. The fourth-order valence-corrected chi connectivity index (χ4v) is 3.85. The largest absolute Gasteiger partial charge is 0.493 e. The molecule has 1 aliphatic rings. The van der Waals surface area contributed by atoms with Crippen LogP contribution >= 0.6 is 23.2 Å². The molecule has 3 aromatic rings. The van der Waals surface area contributed by atoms with Gasteiger partial charge in [0.25, 0.3) is 5.89 Å². The number of hydrogen-bond donors (Lipinski definition) is 0. The van der Waals surface area contributed by atoms with Gasteiger partial charge in [-0.1, -0.05) is 34.4 Å². The van der Waals surface area contributed by atoms with Crippen molar-refractivity contribution in [1.29, 1.82) is 0 Å². The van der Waals surface area contributed by atoms with Crippen molar-refractivity contribution < 1.29 is 18.7 Å². The maximum atomic E-state index is 6.02. The molecule has 0 aliphatic carbocycles. The molecule has 0 bridgehead atoms. The molecule has 0 N–H and O–H groups in total. The molecule has 0 spiro atoms. The van der Waals surface area contributed by atoms with Gasteiger partial charge in [-0.05, 0) is 61.8 Å². The van der Waals surface area contributed by atoms with E-state index in [1.54, 1.807) is 19.2 Å². The molecular formula is C23H25Cl2N3O4. The summed E-state index contributed by atoms with van der Waals surface area (Å²) >= 11 is 12.0. The number of aromatic nitrogens is 2. The van der Waals surface area contributed by atoms with Gasteiger partial charge in [-0.15, -0.1) is 0 Å².